The van der Waals surface area contributed by atoms with Crippen molar-refractivity contribution in [2.24, 2.45) is 0 Å². The molecule has 2 heterocycles. The molecule has 1 unspecified atom stereocenters. The van der Waals surface area contributed by atoms with Crippen molar-refractivity contribution in [3.05, 3.63) is 50.7 Å². The third-order valence-corrected chi connectivity index (χ3v) is 5.70. The summed E-state index contributed by atoms with van der Waals surface area (Å²) in [6.45, 7) is 5.16. The van der Waals surface area contributed by atoms with E-state index in [1.54, 1.807) is 0 Å². The number of hydrogen-bond acceptors (Lipinski definition) is 2. The summed E-state index contributed by atoms with van der Waals surface area (Å²) in [5.74, 6) is 0. The number of fused-ring (bicyclic) bond motifs is 1. The van der Waals surface area contributed by atoms with Crippen LogP contribution in [-0.2, 0) is 6.42 Å². The van der Waals surface area contributed by atoms with Gasteiger partial charge in [0.15, 0.2) is 5.11 Å². The molecule has 2 nitrogen and oxygen atoms in total. The van der Waals surface area contributed by atoms with Gasteiger partial charge < -0.3 is 10.2 Å². The lowest BCUT2D eigenvalue weighted by molar-refractivity contribution is 0.326. The lowest BCUT2D eigenvalue weighted by Gasteiger charge is -2.35. The van der Waals surface area contributed by atoms with Gasteiger partial charge in [-0.2, -0.15) is 0 Å². The lowest BCUT2D eigenvalue weighted by atomic mass is 10.0. The van der Waals surface area contributed by atoms with Gasteiger partial charge in [-0.1, -0.05) is 17.7 Å². The van der Waals surface area contributed by atoms with Crippen LogP contribution in [0.15, 0.2) is 29.6 Å². The highest BCUT2D eigenvalue weighted by Gasteiger charge is 2.26. The number of nitrogens with zero attached hydrogens (tertiary/aromatic N) is 1. The van der Waals surface area contributed by atoms with Crippen LogP contribution in [0.1, 0.15) is 29.0 Å². The van der Waals surface area contributed by atoms with Gasteiger partial charge in [-0.15, -0.1) is 11.3 Å². The van der Waals surface area contributed by atoms with E-state index in [0.29, 0.717) is 6.04 Å². The van der Waals surface area contributed by atoms with Crippen molar-refractivity contribution in [1.29, 1.82) is 0 Å². The van der Waals surface area contributed by atoms with Crippen molar-refractivity contribution in [1.82, 2.24) is 4.90 Å². The zero-order chi connectivity index (χ0) is 15.0. The van der Waals surface area contributed by atoms with Gasteiger partial charge in [0.2, 0.25) is 0 Å². The zero-order valence-electron chi connectivity index (χ0n) is 12.0. The van der Waals surface area contributed by atoms with E-state index in [-0.39, 0.29) is 0 Å². The molecule has 5 heteroatoms. The van der Waals surface area contributed by atoms with Crippen LogP contribution in [0.4, 0.5) is 5.69 Å². The van der Waals surface area contributed by atoms with E-state index in [1.165, 1.54) is 10.4 Å². The number of hydrogen-bond donors (Lipinski definition) is 1. The van der Waals surface area contributed by atoms with Crippen molar-refractivity contribution in [2.45, 2.75) is 26.3 Å². The van der Waals surface area contributed by atoms with Crippen LogP contribution in [0.5, 0.6) is 0 Å². The molecule has 0 amide bonds. The largest absolute Gasteiger partial charge is 0.342 e. The van der Waals surface area contributed by atoms with E-state index in [9.17, 15) is 0 Å². The van der Waals surface area contributed by atoms with Crippen molar-refractivity contribution in [3.63, 3.8) is 0 Å². The molecule has 1 aliphatic heterocycles. The monoisotopic (exact) mass is 336 g/mol. The fraction of sp³-hybridized carbons (Fsp3) is 0.312. The standard InChI is InChI=1S/C16H17ClN2S2/c1-10-3-4-12(9-14(10)17)18-16(20)19-7-5-15-13(11(19)2)6-8-21-15/h3-4,6,8-9,11H,5,7H2,1-2H3,(H,18,20). The molecule has 0 aliphatic carbocycles. The van der Waals surface area contributed by atoms with E-state index < -0.39 is 0 Å². The lowest BCUT2D eigenvalue weighted by Crippen LogP contribution is -2.40. The Morgan fingerprint density at radius 2 is 2.24 bits per heavy atom. The summed E-state index contributed by atoms with van der Waals surface area (Å²) in [4.78, 5) is 3.73. The number of aryl methyl sites for hydroxylation is 1. The van der Waals surface area contributed by atoms with Crippen LogP contribution < -0.4 is 5.32 Å². The average molecular weight is 337 g/mol. The van der Waals surface area contributed by atoms with Gasteiger partial charge >= 0.3 is 0 Å². The topological polar surface area (TPSA) is 15.3 Å². The fourth-order valence-electron chi connectivity index (χ4n) is 2.65. The van der Waals surface area contributed by atoms with Gasteiger partial charge in [0, 0.05) is 22.1 Å². The molecule has 0 saturated carbocycles. The minimum Gasteiger partial charge on any atom is -0.342 e. The second-order valence-electron chi connectivity index (χ2n) is 5.31. The molecular formula is C16H17ClN2S2. The van der Waals surface area contributed by atoms with Crippen LogP contribution in [0.2, 0.25) is 5.02 Å². The Labute approximate surface area is 139 Å². The highest BCUT2D eigenvalue weighted by Crippen LogP contribution is 2.33. The molecule has 1 N–H and O–H groups in total. The average Bonchev–Trinajstić information content (AvgIpc) is 2.92. The fourth-order valence-corrected chi connectivity index (χ4v) is 4.16. The normalized spacial score (nSPS) is 17.5. The Morgan fingerprint density at radius 1 is 1.43 bits per heavy atom. The molecule has 2 aromatic rings. The summed E-state index contributed by atoms with van der Waals surface area (Å²) >= 11 is 13.6. The van der Waals surface area contributed by atoms with Crippen LogP contribution in [0.3, 0.4) is 0 Å². The molecule has 0 spiro atoms. The van der Waals surface area contributed by atoms with Gasteiger partial charge in [0.1, 0.15) is 0 Å². The van der Waals surface area contributed by atoms with Crippen LogP contribution >= 0.6 is 35.2 Å². The summed E-state index contributed by atoms with van der Waals surface area (Å²) in [5.41, 5.74) is 3.42. The first-order valence-electron chi connectivity index (χ1n) is 6.96. The number of thiophene rings is 1. The molecule has 0 fully saturated rings. The maximum absolute atomic E-state index is 6.17. The third-order valence-electron chi connectivity index (χ3n) is 3.96. The predicted molar refractivity (Wildman–Crippen MR) is 95.6 cm³/mol. The second-order valence-corrected chi connectivity index (χ2v) is 7.11. The highest BCUT2D eigenvalue weighted by molar-refractivity contribution is 7.80. The molecule has 21 heavy (non-hydrogen) atoms. The predicted octanol–water partition coefficient (Wildman–Crippen LogP) is 5.03. The zero-order valence-corrected chi connectivity index (χ0v) is 14.4. The van der Waals surface area contributed by atoms with Gasteiger partial charge in [-0.3, -0.25) is 0 Å². The number of benzene rings is 1. The maximum Gasteiger partial charge on any atom is 0.173 e. The van der Waals surface area contributed by atoms with Crippen molar-refractivity contribution in [3.8, 4) is 0 Å². The van der Waals surface area contributed by atoms with Gasteiger partial charge in [-0.05, 0) is 67.2 Å². The SMILES string of the molecule is Cc1ccc(NC(=S)N2CCc3sccc3C2C)cc1Cl. The number of anilines is 1. The van der Waals surface area contributed by atoms with E-state index >= 15 is 0 Å². The molecule has 110 valence electrons. The number of thiocarbonyl (C=S) groups is 1. The van der Waals surface area contributed by atoms with E-state index in [4.69, 9.17) is 23.8 Å². The summed E-state index contributed by atoms with van der Waals surface area (Å²) in [6.07, 6.45) is 1.06. The highest BCUT2D eigenvalue weighted by atomic mass is 35.5. The summed E-state index contributed by atoms with van der Waals surface area (Å²) in [5, 5.41) is 7.00. The molecule has 0 bridgehead atoms. The molecule has 1 atom stereocenters. The van der Waals surface area contributed by atoms with Gasteiger partial charge in [-0.25, -0.2) is 0 Å². The van der Waals surface area contributed by atoms with E-state index in [1.807, 2.05) is 36.5 Å². The van der Waals surface area contributed by atoms with Crippen molar-refractivity contribution < 1.29 is 0 Å². The van der Waals surface area contributed by atoms with Crippen molar-refractivity contribution in [2.75, 3.05) is 11.9 Å². The number of rotatable bonds is 1. The Morgan fingerprint density at radius 3 is 3.00 bits per heavy atom. The van der Waals surface area contributed by atoms with E-state index in [2.05, 4.69) is 28.6 Å². The van der Waals surface area contributed by atoms with Crippen LogP contribution in [0.25, 0.3) is 0 Å². The van der Waals surface area contributed by atoms with Crippen LogP contribution in [-0.4, -0.2) is 16.6 Å². The maximum atomic E-state index is 6.17. The smallest absolute Gasteiger partial charge is 0.173 e. The quantitative estimate of drug-likeness (QED) is 0.735. The Bertz CT molecular complexity index is 681. The first kappa shape index (κ1) is 14.8. The molecular weight excluding hydrogens is 320 g/mol. The molecule has 0 radical (unpaired) electrons. The van der Waals surface area contributed by atoms with Gasteiger partial charge in [0.25, 0.3) is 0 Å². The molecule has 0 saturated heterocycles. The summed E-state index contributed by atoms with van der Waals surface area (Å²) in [7, 11) is 0. The first-order valence-corrected chi connectivity index (χ1v) is 8.63. The van der Waals surface area contributed by atoms with E-state index in [0.717, 1.165) is 34.4 Å². The number of nitrogens with one attached hydrogen (secondary N) is 1. The van der Waals surface area contributed by atoms with Crippen molar-refractivity contribution >= 4 is 46.0 Å². The Hall–Kier alpha value is -1.10. The first-order chi connectivity index (χ1) is 10.1. The van der Waals surface area contributed by atoms with Gasteiger partial charge in [0.05, 0.1) is 6.04 Å². The summed E-state index contributed by atoms with van der Waals surface area (Å²) in [6, 6.07) is 8.47. The molecule has 1 aromatic heterocycles. The Kier molecular flexibility index (Phi) is 4.20. The molecule has 1 aromatic carbocycles. The minimum atomic E-state index is 0.320. The second kappa shape index (κ2) is 5.95. The molecule has 3 rings (SSSR count). The summed E-state index contributed by atoms with van der Waals surface area (Å²) < 4.78 is 0. The minimum absolute atomic E-state index is 0.320. The number of halogens is 1. The third kappa shape index (κ3) is 2.93. The Balaban J connectivity index is 1.75. The van der Waals surface area contributed by atoms with Crippen LogP contribution in [0, 0.1) is 6.92 Å². The molecule has 1 aliphatic rings.